The first-order valence-electron chi connectivity index (χ1n) is 13.2. The Bertz CT molecular complexity index is 1610. The molecule has 0 bridgehead atoms. The van der Waals surface area contributed by atoms with Crippen LogP contribution in [0.3, 0.4) is 0 Å². The number of hydrogen-bond acceptors (Lipinski definition) is 7. The molecule has 1 aromatic heterocycles. The van der Waals surface area contributed by atoms with Crippen molar-refractivity contribution in [1.82, 2.24) is 4.90 Å². The number of nitrogens with two attached hydrogens (primary N) is 1. The molecule has 1 fully saturated rings. The summed E-state index contributed by atoms with van der Waals surface area (Å²) in [6.07, 6.45) is 1.34. The molecule has 40 heavy (non-hydrogen) atoms. The van der Waals surface area contributed by atoms with Gasteiger partial charge >= 0.3 is 0 Å². The number of nitrogen functional groups attached to an aromatic ring is 1. The minimum absolute atomic E-state index is 0.0265. The van der Waals surface area contributed by atoms with Crippen LogP contribution in [-0.4, -0.2) is 35.3 Å². The number of carbonyl (C=O) groups excluding carboxylic acids is 2. The SMILES string of the molecule is N#Cc1ccc2c(c1)C(=O)CC1(CCN(C(=O)c3cc(-c4ccc(OCc5ccccc5)cc4)sc3N)CC1)O2. The molecule has 2 aliphatic heterocycles. The number of carbonyl (C=O) groups is 2. The van der Waals surface area contributed by atoms with Crippen molar-refractivity contribution in [2.75, 3.05) is 18.8 Å². The predicted molar refractivity (Wildman–Crippen MR) is 154 cm³/mol. The summed E-state index contributed by atoms with van der Waals surface area (Å²) in [6, 6.07) is 26.6. The van der Waals surface area contributed by atoms with Crippen LogP contribution in [0.1, 0.15) is 51.1 Å². The van der Waals surface area contributed by atoms with E-state index in [0.29, 0.717) is 60.0 Å². The largest absolute Gasteiger partial charge is 0.489 e. The summed E-state index contributed by atoms with van der Waals surface area (Å²) in [4.78, 5) is 29.0. The van der Waals surface area contributed by atoms with Gasteiger partial charge < -0.3 is 20.1 Å². The average molecular weight is 550 g/mol. The van der Waals surface area contributed by atoms with Crippen LogP contribution in [0.25, 0.3) is 10.4 Å². The molecule has 0 radical (unpaired) electrons. The molecule has 4 aromatic rings. The van der Waals surface area contributed by atoms with Gasteiger partial charge in [-0.15, -0.1) is 11.3 Å². The van der Waals surface area contributed by atoms with E-state index in [1.807, 2.05) is 60.7 Å². The number of benzene rings is 3. The number of anilines is 1. The van der Waals surface area contributed by atoms with Crippen molar-refractivity contribution in [3.05, 3.63) is 101 Å². The minimum Gasteiger partial charge on any atom is -0.489 e. The van der Waals surface area contributed by atoms with Gasteiger partial charge in [-0.1, -0.05) is 30.3 Å². The summed E-state index contributed by atoms with van der Waals surface area (Å²) < 4.78 is 12.2. The number of thiophene rings is 1. The second-order valence-electron chi connectivity index (χ2n) is 10.2. The van der Waals surface area contributed by atoms with Gasteiger partial charge in [-0.2, -0.15) is 5.26 Å². The lowest BCUT2D eigenvalue weighted by Crippen LogP contribution is -2.52. The number of ketones is 1. The second kappa shape index (κ2) is 10.5. The van der Waals surface area contributed by atoms with E-state index in [1.165, 1.54) is 11.3 Å². The molecule has 0 atom stereocenters. The van der Waals surface area contributed by atoms with Gasteiger partial charge in [0.25, 0.3) is 5.91 Å². The first-order chi connectivity index (χ1) is 19.4. The van der Waals surface area contributed by atoms with Crippen molar-refractivity contribution in [3.63, 3.8) is 0 Å². The summed E-state index contributed by atoms with van der Waals surface area (Å²) in [7, 11) is 0. The Morgan fingerprint density at radius 1 is 1.05 bits per heavy atom. The van der Waals surface area contributed by atoms with E-state index in [4.69, 9.17) is 20.5 Å². The number of amides is 1. The van der Waals surface area contributed by atoms with Crippen LogP contribution in [0.5, 0.6) is 11.5 Å². The number of rotatable bonds is 5. The number of nitriles is 1. The number of hydrogen-bond donors (Lipinski definition) is 1. The molecular formula is C32H27N3O4S. The number of nitrogens with zero attached hydrogens (tertiary/aromatic N) is 2. The average Bonchev–Trinajstić information content (AvgIpc) is 3.38. The van der Waals surface area contributed by atoms with Crippen LogP contribution >= 0.6 is 11.3 Å². The number of piperidine rings is 1. The molecule has 0 saturated carbocycles. The molecular weight excluding hydrogens is 522 g/mol. The van der Waals surface area contributed by atoms with Crippen LogP contribution in [-0.2, 0) is 6.61 Å². The zero-order chi connectivity index (χ0) is 27.7. The van der Waals surface area contributed by atoms with Crippen molar-refractivity contribution in [2.24, 2.45) is 0 Å². The molecule has 2 N–H and O–H groups in total. The maximum atomic E-state index is 13.4. The Labute approximate surface area is 236 Å². The lowest BCUT2D eigenvalue weighted by molar-refractivity contribution is -0.00567. The van der Waals surface area contributed by atoms with Crippen LogP contribution in [0.15, 0.2) is 78.9 Å². The lowest BCUT2D eigenvalue weighted by Gasteiger charge is -2.44. The monoisotopic (exact) mass is 549 g/mol. The number of likely N-dealkylation sites (tertiary alicyclic amines) is 1. The molecule has 3 aromatic carbocycles. The fourth-order valence-corrected chi connectivity index (χ4v) is 6.22. The van der Waals surface area contributed by atoms with Gasteiger partial charge in [0, 0.05) is 30.8 Å². The minimum atomic E-state index is -0.634. The summed E-state index contributed by atoms with van der Waals surface area (Å²) >= 11 is 1.39. The standard InChI is InChI=1S/C32H27N3O4S/c33-19-22-6-11-28-25(16-22)27(36)18-32(39-28)12-14-35(15-13-32)31(37)26-17-29(40-30(26)34)23-7-9-24(10-8-23)38-20-21-4-2-1-3-5-21/h1-11,16-17H,12-15,18,20,34H2. The first-order valence-corrected chi connectivity index (χ1v) is 14.0. The van der Waals surface area contributed by atoms with Crippen molar-refractivity contribution in [2.45, 2.75) is 31.5 Å². The molecule has 2 aliphatic rings. The van der Waals surface area contributed by atoms with Crippen molar-refractivity contribution < 1.29 is 19.1 Å². The van der Waals surface area contributed by atoms with Gasteiger partial charge in [0.1, 0.15) is 23.7 Å². The summed E-state index contributed by atoms with van der Waals surface area (Å²) in [6.45, 7) is 1.43. The van der Waals surface area contributed by atoms with Crippen molar-refractivity contribution in [1.29, 1.82) is 5.26 Å². The highest BCUT2D eigenvalue weighted by molar-refractivity contribution is 7.19. The fourth-order valence-electron chi connectivity index (χ4n) is 5.30. The topological polar surface area (TPSA) is 106 Å². The molecule has 0 unspecified atom stereocenters. The van der Waals surface area contributed by atoms with Crippen molar-refractivity contribution >= 4 is 28.0 Å². The number of ether oxygens (including phenoxy) is 2. The summed E-state index contributed by atoms with van der Waals surface area (Å²) in [5.41, 5.74) is 9.14. The molecule has 1 saturated heterocycles. The second-order valence-corrected chi connectivity index (χ2v) is 11.3. The molecule has 1 spiro atoms. The van der Waals surface area contributed by atoms with E-state index in [0.717, 1.165) is 21.8 Å². The first kappa shape index (κ1) is 25.7. The van der Waals surface area contributed by atoms with Gasteiger partial charge in [-0.25, -0.2) is 0 Å². The zero-order valence-electron chi connectivity index (χ0n) is 21.8. The summed E-state index contributed by atoms with van der Waals surface area (Å²) in [5.74, 6) is 1.14. The molecule has 8 heteroatoms. The quantitative estimate of drug-likeness (QED) is 0.323. The van der Waals surface area contributed by atoms with E-state index < -0.39 is 5.60 Å². The van der Waals surface area contributed by atoms with Crippen LogP contribution in [0.2, 0.25) is 0 Å². The van der Waals surface area contributed by atoms with Crippen LogP contribution in [0, 0.1) is 11.3 Å². The highest BCUT2D eigenvalue weighted by Crippen LogP contribution is 2.41. The molecule has 1 amide bonds. The van der Waals surface area contributed by atoms with Crippen LogP contribution in [0.4, 0.5) is 5.00 Å². The van der Waals surface area contributed by atoms with Gasteiger partial charge in [0.2, 0.25) is 0 Å². The maximum absolute atomic E-state index is 13.4. The number of fused-ring (bicyclic) bond motifs is 1. The van der Waals surface area contributed by atoms with Gasteiger partial charge in [0.15, 0.2) is 5.78 Å². The Kier molecular flexibility index (Phi) is 6.74. The number of Topliss-reactive ketones (excluding diaryl/α,β-unsaturated/α-hetero) is 1. The van der Waals surface area contributed by atoms with E-state index in [1.54, 1.807) is 23.1 Å². The van der Waals surface area contributed by atoms with E-state index >= 15 is 0 Å². The molecule has 0 aliphatic carbocycles. The van der Waals surface area contributed by atoms with E-state index in [-0.39, 0.29) is 18.1 Å². The van der Waals surface area contributed by atoms with E-state index in [2.05, 4.69) is 6.07 Å². The Hall–Kier alpha value is -4.61. The van der Waals surface area contributed by atoms with Gasteiger partial charge in [-0.3, -0.25) is 9.59 Å². The Morgan fingerprint density at radius 3 is 2.52 bits per heavy atom. The molecule has 7 nitrogen and oxygen atoms in total. The molecule has 6 rings (SSSR count). The molecule has 200 valence electrons. The Balaban J connectivity index is 1.10. The third-order valence-electron chi connectivity index (χ3n) is 7.56. The normalized spacial score (nSPS) is 15.7. The smallest absolute Gasteiger partial charge is 0.256 e. The lowest BCUT2D eigenvalue weighted by atomic mass is 9.82. The van der Waals surface area contributed by atoms with Gasteiger partial charge in [0.05, 0.1) is 34.2 Å². The molecule has 3 heterocycles. The van der Waals surface area contributed by atoms with E-state index in [9.17, 15) is 9.59 Å². The zero-order valence-corrected chi connectivity index (χ0v) is 22.6. The highest BCUT2D eigenvalue weighted by Gasteiger charge is 2.44. The maximum Gasteiger partial charge on any atom is 0.256 e. The highest BCUT2D eigenvalue weighted by atomic mass is 32.1. The predicted octanol–water partition coefficient (Wildman–Crippen LogP) is 6.09. The summed E-state index contributed by atoms with van der Waals surface area (Å²) in [5, 5.41) is 9.62. The van der Waals surface area contributed by atoms with Gasteiger partial charge in [-0.05, 0) is 59.7 Å². The third-order valence-corrected chi connectivity index (χ3v) is 8.57. The fraction of sp³-hybridized carbons (Fsp3) is 0.219. The third kappa shape index (κ3) is 5.04. The van der Waals surface area contributed by atoms with Crippen molar-refractivity contribution in [3.8, 4) is 28.0 Å². The Morgan fingerprint density at radius 2 is 1.80 bits per heavy atom. The van der Waals surface area contributed by atoms with Crippen LogP contribution < -0.4 is 15.2 Å².